The Labute approximate surface area is 166 Å². The van der Waals surface area contributed by atoms with Crippen molar-refractivity contribution in [1.82, 2.24) is 20.4 Å². The average molecular weight is 411 g/mol. The number of amides is 2. The third-order valence-electron chi connectivity index (χ3n) is 3.48. The van der Waals surface area contributed by atoms with E-state index in [2.05, 4.69) is 15.5 Å². The van der Waals surface area contributed by atoms with E-state index in [4.69, 9.17) is 0 Å². The van der Waals surface area contributed by atoms with E-state index < -0.39 is 0 Å². The molecule has 0 saturated heterocycles. The lowest BCUT2D eigenvalue weighted by molar-refractivity contribution is -0.128. The summed E-state index contributed by atoms with van der Waals surface area (Å²) in [6, 6.07) is 9.79. The number of nitrogens with zero attached hydrogens (tertiary/aromatic N) is 3. The van der Waals surface area contributed by atoms with Crippen molar-refractivity contribution in [3.8, 4) is 0 Å². The van der Waals surface area contributed by atoms with Crippen LogP contribution in [0.1, 0.15) is 19.4 Å². The van der Waals surface area contributed by atoms with Gasteiger partial charge in [0.05, 0.1) is 11.5 Å². The van der Waals surface area contributed by atoms with Gasteiger partial charge in [-0.25, -0.2) is 0 Å². The highest BCUT2D eigenvalue weighted by molar-refractivity contribution is 8.03. The lowest BCUT2D eigenvalue weighted by Crippen LogP contribution is -2.31. The third-order valence-corrected chi connectivity index (χ3v) is 6.66. The van der Waals surface area contributed by atoms with Crippen molar-refractivity contribution in [3.63, 3.8) is 0 Å². The molecule has 1 aromatic heterocycles. The van der Waals surface area contributed by atoms with Gasteiger partial charge in [-0.1, -0.05) is 65.2 Å². The van der Waals surface area contributed by atoms with Gasteiger partial charge in [0.1, 0.15) is 0 Å². The van der Waals surface area contributed by atoms with Gasteiger partial charge < -0.3 is 10.2 Å². The zero-order valence-corrected chi connectivity index (χ0v) is 17.3. The second-order valence-electron chi connectivity index (χ2n) is 5.24. The highest BCUT2D eigenvalue weighted by Gasteiger charge is 2.13. The fraction of sp³-hybridized carbons (Fsp3) is 0.412. The van der Waals surface area contributed by atoms with E-state index in [1.807, 2.05) is 44.2 Å². The molecule has 0 aliphatic heterocycles. The first kappa shape index (κ1) is 20.7. The van der Waals surface area contributed by atoms with Crippen LogP contribution in [-0.2, 0) is 16.1 Å². The Balaban J connectivity index is 1.70. The van der Waals surface area contributed by atoms with Crippen LogP contribution in [0.25, 0.3) is 0 Å². The van der Waals surface area contributed by atoms with Crippen LogP contribution in [0.3, 0.4) is 0 Å². The second kappa shape index (κ2) is 11.2. The number of hydrogen-bond donors (Lipinski definition) is 1. The van der Waals surface area contributed by atoms with E-state index >= 15 is 0 Å². The van der Waals surface area contributed by atoms with E-state index in [0.29, 0.717) is 31.1 Å². The SMILES string of the molecule is CCN(CC)C(=O)CSc1nnc(SCC(=O)NCc2ccccc2)s1. The molecule has 0 saturated carbocycles. The van der Waals surface area contributed by atoms with Crippen molar-refractivity contribution >= 4 is 46.7 Å². The molecule has 1 heterocycles. The summed E-state index contributed by atoms with van der Waals surface area (Å²) in [5, 5.41) is 11.0. The topological polar surface area (TPSA) is 75.2 Å². The maximum Gasteiger partial charge on any atom is 0.233 e. The molecule has 6 nitrogen and oxygen atoms in total. The number of carbonyl (C=O) groups is 2. The summed E-state index contributed by atoms with van der Waals surface area (Å²) in [7, 11) is 0. The Morgan fingerprint density at radius 3 is 2.27 bits per heavy atom. The zero-order valence-electron chi connectivity index (χ0n) is 14.8. The van der Waals surface area contributed by atoms with Crippen LogP contribution >= 0.6 is 34.9 Å². The molecule has 0 radical (unpaired) electrons. The van der Waals surface area contributed by atoms with Crippen molar-refractivity contribution < 1.29 is 9.59 Å². The summed E-state index contributed by atoms with van der Waals surface area (Å²) >= 11 is 4.16. The molecule has 0 bridgehead atoms. The Hall–Kier alpha value is -1.58. The molecule has 26 heavy (non-hydrogen) atoms. The fourth-order valence-electron chi connectivity index (χ4n) is 2.08. The maximum atomic E-state index is 12.0. The predicted molar refractivity (Wildman–Crippen MR) is 108 cm³/mol. The molecule has 0 spiro atoms. The van der Waals surface area contributed by atoms with E-state index in [1.165, 1.54) is 34.9 Å². The van der Waals surface area contributed by atoms with Gasteiger partial charge >= 0.3 is 0 Å². The average Bonchev–Trinajstić information content (AvgIpc) is 3.13. The third kappa shape index (κ3) is 6.97. The van der Waals surface area contributed by atoms with Gasteiger partial charge in [-0.05, 0) is 19.4 Å². The van der Waals surface area contributed by atoms with Crippen molar-refractivity contribution in [2.24, 2.45) is 0 Å². The quantitative estimate of drug-likeness (QED) is 0.607. The van der Waals surface area contributed by atoms with Crippen molar-refractivity contribution in [2.45, 2.75) is 29.1 Å². The summed E-state index contributed by atoms with van der Waals surface area (Å²) in [4.78, 5) is 25.7. The van der Waals surface area contributed by atoms with Gasteiger partial charge in [0, 0.05) is 19.6 Å². The van der Waals surface area contributed by atoms with E-state index in [0.717, 1.165) is 14.2 Å². The van der Waals surface area contributed by atoms with Gasteiger partial charge in [0.15, 0.2) is 8.68 Å². The predicted octanol–water partition coefficient (Wildman–Crippen LogP) is 2.91. The minimum absolute atomic E-state index is 0.0417. The monoisotopic (exact) mass is 410 g/mol. The smallest absolute Gasteiger partial charge is 0.233 e. The van der Waals surface area contributed by atoms with Crippen molar-refractivity contribution in [1.29, 1.82) is 0 Å². The molecule has 140 valence electrons. The number of hydrogen-bond acceptors (Lipinski definition) is 7. The number of rotatable bonds is 10. The fourth-order valence-corrected chi connectivity index (χ4v) is 4.83. The van der Waals surface area contributed by atoms with Crippen LogP contribution in [0.2, 0.25) is 0 Å². The van der Waals surface area contributed by atoms with Crippen LogP contribution in [0, 0.1) is 0 Å². The Bertz CT molecular complexity index is 705. The minimum atomic E-state index is -0.0417. The zero-order chi connectivity index (χ0) is 18.8. The largest absolute Gasteiger partial charge is 0.351 e. The summed E-state index contributed by atoms with van der Waals surface area (Å²) in [5.74, 6) is 0.716. The van der Waals surface area contributed by atoms with Crippen LogP contribution in [0.5, 0.6) is 0 Å². The van der Waals surface area contributed by atoms with Crippen LogP contribution in [0.15, 0.2) is 39.0 Å². The van der Waals surface area contributed by atoms with Crippen LogP contribution in [-0.4, -0.2) is 51.5 Å². The Kier molecular flexibility index (Phi) is 8.93. The molecule has 0 unspecified atom stereocenters. The van der Waals surface area contributed by atoms with Crippen molar-refractivity contribution in [2.75, 3.05) is 24.6 Å². The number of benzene rings is 1. The summed E-state index contributed by atoms with van der Waals surface area (Å²) in [5.41, 5.74) is 1.07. The van der Waals surface area contributed by atoms with Gasteiger partial charge in [-0.3, -0.25) is 9.59 Å². The van der Waals surface area contributed by atoms with E-state index in [-0.39, 0.29) is 11.8 Å². The van der Waals surface area contributed by atoms with E-state index in [1.54, 1.807) is 4.90 Å². The van der Waals surface area contributed by atoms with Gasteiger partial charge in [0.25, 0.3) is 0 Å². The lowest BCUT2D eigenvalue weighted by Gasteiger charge is -2.17. The van der Waals surface area contributed by atoms with Crippen LogP contribution in [0.4, 0.5) is 0 Å². The highest BCUT2D eigenvalue weighted by Crippen LogP contribution is 2.28. The molecule has 1 aromatic carbocycles. The molecule has 9 heteroatoms. The summed E-state index contributed by atoms with van der Waals surface area (Å²) in [6.45, 7) is 5.88. The molecule has 0 aliphatic carbocycles. The minimum Gasteiger partial charge on any atom is -0.351 e. The molecule has 2 aromatic rings. The number of carbonyl (C=O) groups excluding carboxylic acids is 2. The Morgan fingerprint density at radius 2 is 1.65 bits per heavy atom. The molecular formula is C17H22N4O2S3. The number of thioether (sulfide) groups is 2. The number of aromatic nitrogens is 2. The van der Waals surface area contributed by atoms with Gasteiger partial charge in [-0.15, -0.1) is 10.2 Å². The molecule has 0 atom stereocenters. The molecule has 2 rings (SSSR count). The molecule has 0 aliphatic rings. The molecule has 1 N–H and O–H groups in total. The normalized spacial score (nSPS) is 10.5. The molecule has 0 fully saturated rings. The second-order valence-corrected chi connectivity index (χ2v) is 8.66. The first-order valence-corrected chi connectivity index (χ1v) is 11.1. The lowest BCUT2D eigenvalue weighted by atomic mass is 10.2. The number of nitrogens with one attached hydrogen (secondary N) is 1. The highest BCUT2D eigenvalue weighted by atomic mass is 32.2. The summed E-state index contributed by atoms with van der Waals surface area (Å²) < 4.78 is 1.48. The standard InChI is InChI=1S/C17H22N4O2S3/c1-3-21(4-2)15(23)12-25-17-20-19-16(26-17)24-11-14(22)18-10-13-8-6-5-7-9-13/h5-9H,3-4,10-12H2,1-2H3,(H,18,22). The van der Waals surface area contributed by atoms with Crippen LogP contribution < -0.4 is 5.32 Å². The first-order valence-electron chi connectivity index (χ1n) is 8.29. The molecule has 2 amide bonds. The van der Waals surface area contributed by atoms with Gasteiger partial charge in [0.2, 0.25) is 11.8 Å². The first-order chi connectivity index (χ1) is 12.6. The summed E-state index contributed by atoms with van der Waals surface area (Å²) in [6.07, 6.45) is 0. The van der Waals surface area contributed by atoms with Gasteiger partial charge in [-0.2, -0.15) is 0 Å². The maximum absolute atomic E-state index is 12.0. The Morgan fingerprint density at radius 1 is 1.04 bits per heavy atom. The van der Waals surface area contributed by atoms with E-state index in [9.17, 15) is 9.59 Å². The van der Waals surface area contributed by atoms with Crippen molar-refractivity contribution in [3.05, 3.63) is 35.9 Å². The molecular weight excluding hydrogens is 388 g/mol.